The van der Waals surface area contributed by atoms with Gasteiger partial charge in [-0.15, -0.1) is 0 Å². The Hall–Kier alpha value is -0.790. The Morgan fingerprint density at radius 2 is 1.95 bits per heavy atom. The van der Waals surface area contributed by atoms with Crippen LogP contribution in [0.2, 0.25) is 0 Å². The van der Waals surface area contributed by atoms with Crippen molar-refractivity contribution in [3.63, 3.8) is 0 Å². The van der Waals surface area contributed by atoms with Crippen molar-refractivity contribution in [2.24, 2.45) is 0 Å². The number of hydrogen-bond acceptors (Lipinski definition) is 3. The third-order valence-electron chi connectivity index (χ3n) is 3.03. The summed E-state index contributed by atoms with van der Waals surface area (Å²) in [4.78, 5) is 2.16. The van der Waals surface area contributed by atoms with E-state index in [1.54, 1.807) is 0 Å². The van der Waals surface area contributed by atoms with Gasteiger partial charge in [0.05, 0.1) is 23.2 Å². The van der Waals surface area contributed by atoms with Crippen LogP contribution in [0.3, 0.4) is 0 Å². The van der Waals surface area contributed by atoms with Crippen molar-refractivity contribution in [1.29, 1.82) is 0 Å². The topological polar surface area (TPSA) is 21.7 Å². The van der Waals surface area contributed by atoms with Crippen molar-refractivity contribution in [3.05, 3.63) is 28.2 Å². The Morgan fingerprint density at radius 3 is 2.60 bits per heavy atom. The lowest BCUT2D eigenvalue weighted by Crippen LogP contribution is -2.38. The Kier molecular flexibility index (Phi) is 5.29. The molecule has 7 heteroatoms. The van der Waals surface area contributed by atoms with Gasteiger partial charge in [-0.3, -0.25) is 4.90 Å². The first kappa shape index (κ1) is 15.6. The van der Waals surface area contributed by atoms with Crippen molar-refractivity contribution in [3.8, 4) is 5.75 Å². The lowest BCUT2D eigenvalue weighted by Gasteiger charge is -2.26. The van der Waals surface area contributed by atoms with Gasteiger partial charge in [0.15, 0.2) is 0 Å². The lowest BCUT2D eigenvalue weighted by atomic mass is 10.2. The molecular formula is C13H15BrF3NO2. The SMILES string of the molecule is FC(F)(F)c1ccc(Br)c(OCCN2CCOCC2)c1. The summed E-state index contributed by atoms with van der Waals surface area (Å²) < 4.78 is 49.0. The van der Waals surface area contributed by atoms with Gasteiger partial charge in [0.2, 0.25) is 0 Å². The summed E-state index contributed by atoms with van der Waals surface area (Å²) in [5.41, 5.74) is -0.706. The molecule has 1 aromatic rings. The highest BCUT2D eigenvalue weighted by Crippen LogP contribution is 2.35. The molecule has 0 unspecified atom stereocenters. The lowest BCUT2D eigenvalue weighted by molar-refractivity contribution is -0.137. The van der Waals surface area contributed by atoms with Crippen LogP contribution in [0, 0.1) is 0 Å². The predicted octanol–water partition coefficient (Wildman–Crippen LogP) is 3.18. The third kappa shape index (κ3) is 4.36. The minimum absolute atomic E-state index is 0.216. The van der Waals surface area contributed by atoms with E-state index in [-0.39, 0.29) is 5.75 Å². The molecule has 0 saturated carbocycles. The maximum Gasteiger partial charge on any atom is 0.416 e. The summed E-state index contributed by atoms with van der Waals surface area (Å²) in [6, 6.07) is 3.40. The Bertz CT molecular complexity index is 448. The van der Waals surface area contributed by atoms with Crippen LogP contribution >= 0.6 is 15.9 Å². The fourth-order valence-corrected chi connectivity index (χ4v) is 2.26. The second-order valence-electron chi connectivity index (χ2n) is 4.45. The molecule has 1 aliphatic heterocycles. The average Bonchev–Trinajstić information content (AvgIpc) is 2.41. The minimum Gasteiger partial charge on any atom is -0.491 e. The molecule has 0 bridgehead atoms. The van der Waals surface area contributed by atoms with Crippen LogP contribution in [-0.2, 0) is 10.9 Å². The highest BCUT2D eigenvalue weighted by molar-refractivity contribution is 9.10. The van der Waals surface area contributed by atoms with E-state index in [0.29, 0.717) is 30.8 Å². The molecule has 0 N–H and O–H groups in total. The summed E-state index contributed by atoms with van der Waals surface area (Å²) in [5, 5.41) is 0. The molecule has 1 aromatic carbocycles. The average molecular weight is 354 g/mol. The van der Waals surface area contributed by atoms with Crippen molar-refractivity contribution >= 4 is 15.9 Å². The molecule has 1 saturated heterocycles. The molecule has 0 atom stereocenters. The molecule has 0 amide bonds. The first-order valence-corrected chi connectivity index (χ1v) is 7.06. The predicted molar refractivity (Wildman–Crippen MR) is 71.9 cm³/mol. The third-order valence-corrected chi connectivity index (χ3v) is 3.68. The fourth-order valence-electron chi connectivity index (χ4n) is 1.90. The Labute approximate surface area is 123 Å². The molecule has 1 aliphatic rings. The minimum atomic E-state index is -4.36. The fraction of sp³-hybridized carbons (Fsp3) is 0.538. The van der Waals surface area contributed by atoms with Crippen LogP contribution < -0.4 is 4.74 Å². The van der Waals surface area contributed by atoms with E-state index < -0.39 is 11.7 Å². The molecule has 2 rings (SSSR count). The summed E-state index contributed by atoms with van der Waals surface area (Å²) >= 11 is 3.20. The van der Waals surface area contributed by atoms with Gasteiger partial charge in [0.25, 0.3) is 0 Å². The van der Waals surface area contributed by atoms with Crippen molar-refractivity contribution in [1.82, 2.24) is 4.90 Å². The van der Waals surface area contributed by atoms with Gasteiger partial charge in [0, 0.05) is 19.6 Å². The molecular weight excluding hydrogens is 339 g/mol. The monoisotopic (exact) mass is 353 g/mol. The normalized spacial score (nSPS) is 17.2. The van der Waals surface area contributed by atoms with E-state index in [0.717, 1.165) is 25.2 Å². The maximum atomic E-state index is 12.6. The first-order chi connectivity index (χ1) is 9.47. The molecule has 20 heavy (non-hydrogen) atoms. The highest BCUT2D eigenvalue weighted by Gasteiger charge is 2.31. The number of morpholine rings is 1. The number of rotatable bonds is 4. The van der Waals surface area contributed by atoms with Gasteiger partial charge >= 0.3 is 6.18 Å². The van der Waals surface area contributed by atoms with E-state index in [2.05, 4.69) is 20.8 Å². The second kappa shape index (κ2) is 6.78. The molecule has 1 heterocycles. The van der Waals surface area contributed by atoms with Gasteiger partial charge in [-0.25, -0.2) is 0 Å². The molecule has 3 nitrogen and oxygen atoms in total. The zero-order valence-corrected chi connectivity index (χ0v) is 12.3. The number of nitrogens with zero attached hydrogens (tertiary/aromatic N) is 1. The van der Waals surface area contributed by atoms with Crippen molar-refractivity contribution in [2.45, 2.75) is 6.18 Å². The summed E-state index contributed by atoms with van der Waals surface area (Å²) in [7, 11) is 0. The Balaban J connectivity index is 1.91. The van der Waals surface area contributed by atoms with Crippen LogP contribution in [0.15, 0.2) is 22.7 Å². The van der Waals surface area contributed by atoms with E-state index in [1.807, 2.05) is 0 Å². The zero-order chi connectivity index (χ0) is 14.6. The van der Waals surface area contributed by atoms with Gasteiger partial charge in [-0.1, -0.05) is 0 Å². The van der Waals surface area contributed by atoms with Gasteiger partial charge in [0.1, 0.15) is 12.4 Å². The van der Waals surface area contributed by atoms with Crippen LogP contribution in [-0.4, -0.2) is 44.4 Å². The molecule has 0 aromatic heterocycles. The van der Waals surface area contributed by atoms with Crippen LogP contribution in [0.1, 0.15) is 5.56 Å². The van der Waals surface area contributed by atoms with Crippen molar-refractivity contribution in [2.75, 3.05) is 39.5 Å². The van der Waals surface area contributed by atoms with Gasteiger partial charge < -0.3 is 9.47 Å². The van der Waals surface area contributed by atoms with Gasteiger partial charge in [-0.2, -0.15) is 13.2 Å². The number of halogens is 4. The smallest absolute Gasteiger partial charge is 0.416 e. The summed E-state index contributed by atoms with van der Waals surface area (Å²) in [6.45, 7) is 4.05. The molecule has 0 radical (unpaired) electrons. The summed E-state index contributed by atoms with van der Waals surface area (Å²) in [5.74, 6) is 0.216. The van der Waals surface area contributed by atoms with Gasteiger partial charge in [-0.05, 0) is 34.1 Å². The van der Waals surface area contributed by atoms with Crippen LogP contribution in [0.25, 0.3) is 0 Å². The number of hydrogen-bond donors (Lipinski definition) is 0. The molecule has 0 aliphatic carbocycles. The standard InChI is InChI=1S/C13H15BrF3NO2/c14-11-2-1-10(13(15,16)17)9-12(11)20-8-5-18-3-6-19-7-4-18/h1-2,9H,3-8H2. The number of ether oxygens (including phenoxy) is 2. The van der Waals surface area contributed by atoms with E-state index in [4.69, 9.17) is 9.47 Å². The molecule has 0 spiro atoms. The molecule has 112 valence electrons. The zero-order valence-electron chi connectivity index (χ0n) is 10.8. The number of benzene rings is 1. The first-order valence-electron chi connectivity index (χ1n) is 6.26. The summed E-state index contributed by atoms with van der Waals surface area (Å²) in [6.07, 6.45) is -4.36. The van der Waals surface area contributed by atoms with Crippen LogP contribution in [0.4, 0.5) is 13.2 Å². The second-order valence-corrected chi connectivity index (χ2v) is 5.30. The van der Waals surface area contributed by atoms with Crippen molar-refractivity contribution < 1.29 is 22.6 Å². The van der Waals surface area contributed by atoms with E-state index in [1.165, 1.54) is 6.07 Å². The Morgan fingerprint density at radius 1 is 1.25 bits per heavy atom. The maximum absolute atomic E-state index is 12.6. The molecule has 1 fully saturated rings. The van der Waals surface area contributed by atoms with E-state index >= 15 is 0 Å². The highest BCUT2D eigenvalue weighted by atomic mass is 79.9. The largest absolute Gasteiger partial charge is 0.491 e. The van der Waals surface area contributed by atoms with Crippen LogP contribution in [0.5, 0.6) is 5.75 Å². The number of alkyl halides is 3. The van der Waals surface area contributed by atoms with E-state index in [9.17, 15) is 13.2 Å². The quantitative estimate of drug-likeness (QED) is 0.829.